The van der Waals surface area contributed by atoms with Crippen LogP contribution < -0.4 is 5.73 Å². The lowest BCUT2D eigenvalue weighted by atomic mass is 10.0. The van der Waals surface area contributed by atoms with Crippen LogP contribution in [0.3, 0.4) is 0 Å². The van der Waals surface area contributed by atoms with E-state index < -0.39 is 5.82 Å². The van der Waals surface area contributed by atoms with Crippen molar-refractivity contribution in [1.82, 2.24) is 10.2 Å². The maximum atomic E-state index is 14.0. The molecule has 0 radical (unpaired) electrons. The Morgan fingerprint density at radius 2 is 2.11 bits per heavy atom. The van der Waals surface area contributed by atoms with Gasteiger partial charge < -0.3 is 5.73 Å². The molecule has 2 aromatic heterocycles. The summed E-state index contributed by atoms with van der Waals surface area (Å²) < 4.78 is 14.0. The standard InChI is InChI=1S/C13H9ClFN3S/c14-8-2-1-3-9(15)10(8)11-12(17-18-13(11)16)7-4-5-19-6-7/h1-6H,(H3,16,17,18). The van der Waals surface area contributed by atoms with E-state index in [-0.39, 0.29) is 11.4 Å². The molecule has 96 valence electrons. The maximum Gasteiger partial charge on any atom is 0.153 e. The molecule has 2 heterocycles. The van der Waals surface area contributed by atoms with Crippen molar-refractivity contribution in [2.75, 3.05) is 5.73 Å². The van der Waals surface area contributed by atoms with Crippen LogP contribution in [0.2, 0.25) is 5.02 Å². The summed E-state index contributed by atoms with van der Waals surface area (Å²) in [7, 11) is 0. The Bertz CT molecular complexity index is 701. The average Bonchev–Trinajstić information content (AvgIpc) is 2.99. The molecule has 0 saturated heterocycles. The topological polar surface area (TPSA) is 54.7 Å². The number of anilines is 1. The molecule has 0 aliphatic carbocycles. The van der Waals surface area contributed by atoms with Gasteiger partial charge in [0, 0.05) is 16.5 Å². The van der Waals surface area contributed by atoms with E-state index in [1.165, 1.54) is 6.07 Å². The SMILES string of the molecule is Nc1n[nH]c(-c2ccsc2)c1-c1c(F)cccc1Cl. The highest BCUT2D eigenvalue weighted by molar-refractivity contribution is 7.08. The molecule has 0 spiro atoms. The minimum Gasteiger partial charge on any atom is -0.382 e. The summed E-state index contributed by atoms with van der Waals surface area (Å²) in [5, 5.41) is 11.0. The molecule has 19 heavy (non-hydrogen) atoms. The Morgan fingerprint density at radius 3 is 2.79 bits per heavy atom. The molecule has 0 aliphatic heterocycles. The molecule has 3 nitrogen and oxygen atoms in total. The molecule has 0 fully saturated rings. The average molecular weight is 294 g/mol. The van der Waals surface area contributed by atoms with E-state index in [1.807, 2.05) is 16.8 Å². The third-order valence-corrected chi connectivity index (χ3v) is 3.82. The number of H-pyrrole nitrogens is 1. The highest BCUT2D eigenvalue weighted by Gasteiger charge is 2.20. The predicted molar refractivity (Wildman–Crippen MR) is 76.7 cm³/mol. The lowest BCUT2D eigenvalue weighted by Crippen LogP contribution is -1.92. The molecule has 0 unspecified atom stereocenters. The minimum atomic E-state index is -0.419. The second kappa shape index (κ2) is 4.68. The van der Waals surface area contributed by atoms with Gasteiger partial charge >= 0.3 is 0 Å². The fraction of sp³-hybridized carbons (Fsp3) is 0. The number of hydrogen-bond donors (Lipinski definition) is 2. The number of aromatic amines is 1. The van der Waals surface area contributed by atoms with E-state index >= 15 is 0 Å². The first-order valence-corrected chi connectivity index (χ1v) is 6.81. The molecule has 3 rings (SSSR count). The molecule has 1 aromatic carbocycles. The minimum absolute atomic E-state index is 0.230. The molecular weight excluding hydrogens is 285 g/mol. The number of rotatable bonds is 2. The van der Waals surface area contributed by atoms with E-state index in [0.29, 0.717) is 16.3 Å². The number of benzene rings is 1. The van der Waals surface area contributed by atoms with Gasteiger partial charge in [-0.25, -0.2) is 4.39 Å². The van der Waals surface area contributed by atoms with Crippen molar-refractivity contribution >= 4 is 28.8 Å². The normalized spacial score (nSPS) is 10.8. The van der Waals surface area contributed by atoms with Crippen LogP contribution in [0.1, 0.15) is 0 Å². The van der Waals surface area contributed by atoms with E-state index in [1.54, 1.807) is 23.5 Å². The van der Waals surface area contributed by atoms with Crippen molar-refractivity contribution in [3.8, 4) is 22.4 Å². The van der Waals surface area contributed by atoms with Crippen LogP contribution >= 0.6 is 22.9 Å². The highest BCUT2D eigenvalue weighted by atomic mass is 35.5. The van der Waals surface area contributed by atoms with Crippen LogP contribution in [0.25, 0.3) is 22.4 Å². The highest BCUT2D eigenvalue weighted by Crippen LogP contribution is 2.40. The second-order valence-corrected chi connectivity index (χ2v) is 5.15. The molecule has 0 aliphatic rings. The first-order valence-electron chi connectivity index (χ1n) is 5.49. The van der Waals surface area contributed by atoms with Crippen molar-refractivity contribution in [2.24, 2.45) is 0 Å². The zero-order valence-electron chi connectivity index (χ0n) is 9.65. The molecular formula is C13H9ClFN3S. The van der Waals surface area contributed by atoms with Gasteiger partial charge in [-0.05, 0) is 23.6 Å². The zero-order valence-corrected chi connectivity index (χ0v) is 11.2. The lowest BCUT2D eigenvalue weighted by Gasteiger charge is -2.07. The van der Waals surface area contributed by atoms with Crippen LogP contribution in [-0.4, -0.2) is 10.2 Å². The van der Waals surface area contributed by atoms with Gasteiger partial charge in [-0.3, -0.25) is 5.10 Å². The van der Waals surface area contributed by atoms with Crippen molar-refractivity contribution in [3.05, 3.63) is 45.9 Å². The smallest absolute Gasteiger partial charge is 0.153 e. The van der Waals surface area contributed by atoms with Crippen LogP contribution in [0.4, 0.5) is 10.2 Å². The van der Waals surface area contributed by atoms with Crippen molar-refractivity contribution in [2.45, 2.75) is 0 Å². The van der Waals surface area contributed by atoms with Gasteiger partial charge in [-0.15, -0.1) is 0 Å². The summed E-state index contributed by atoms with van der Waals surface area (Å²) in [6.07, 6.45) is 0. The maximum absolute atomic E-state index is 14.0. The summed E-state index contributed by atoms with van der Waals surface area (Å²) in [5.74, 6) is -0.190. The van der Waals surface area contributed by atoms with Crippen LogP contribution in [0, 0.1) is 5.82 Å². The quantitative estimate of drug-likeness (QED) is 0.744. The monoisotopic (exact) mass is 293 g/mol. The van der Waals surface area contributed by atoms with Crippen LogP contribution in [0.15, 0.2) is 35.0 Å². The summed E-state index contributed by atoms with van der Waals surface area (Å²) >= 11 is 7.63. The largest absolute Gasteiger partial charge is 0.382 e. The number of nitrogen functional groups attached to an aromatic ring is 1. The van der Waals surface area contributed by atoms with E-state index in [0.717, 1.165) is 5.56 Å². The third kappa shape index (κ3) is 2.01. The first-order chi connectivity index (χ1) is 9.18. The zero-order chi connectivity index (χ0) is 13.4. The van der Waals surface area contributed by atoms with Crippen molar-refractivity contribution in [3.63, 3.8) is 0 Å². The van der Waals surface area contributed by atoms with E-state index in [4.69, 9.17) is 17.3 Å². The summed E-state index contributed by atoms with van der Waals surface area (Å²) in [4.78, 5) is 0. The van der Waals surface area contributed by atoms with Gasteiger partial charge in [-0.2, -0.15) is 16.4 Å². The Hall–Kier alpha value is -1.85. The molecule has 0 bridgehead atoms. The number of thiophene rings is 1. The summed E-state index contributed by atoms with van der Waals surface area (Å²) in [6, 6.07) is 6.45. The summed E-state index contributed by atoms with van der Waals surface area (Å²) in [6.45, 7) is 0. The van der Waals surface area contributed by atoms with Gasteiger partial charge in [0.1, 0.15) is 5.82 Å². The lowest BCUT2D eigenvalue weighted by molar-refractivity contribution is 0.631. The van der Waals surface area contributed by atoms with Crippen LogP contribution in [0.5, 0.6) is 0 Å². The number of halogens is 2. The van der Waals surface area contributed by atoms with Gasteiger partial charge in [0.2, 0.25) is 0 Å². The Kier molecular flexibility index (Phi) is 3.00. The van der Waals surface area contributed by atoms with Gasteiger partial charge in [0.15, 0.2) is 5.82 Å². The molecule has 3 aromatic rings. The van der Waals surface area contributed by atoms with Crippen molar-refractivity contribution in [1.29, 1.82) is 0 Å². The Morgan fingerprint density at radius 1 is 1.26 bits per heavy atom. The number of nitrogens with two attached hydrogens (primary N) is 1. The van der Waals surface area contributed by atoms with Gasteiger partial charge in [0.25, 0.3) is 0 Å². The van der Waals surface area contributed by atoms with Gasteiger partial charge in [-0.1, -0.05) is 17.7 Å². The summed E-state index contributed by atoms with van der Waals surface area (Å²) in [5.41, 5.74) is 8.21. The first kappa shape index (κ1) is 12.2. The predicted octanol–water partition coefficient (Wildman–Crippen LogP) is 4.18. The number of nitrogens with zero attached hydrogens (tertiary/aromatic N) is 1. The molecule has 0 atom stereocenters. The Balaban J connectivity index is 2.29. The fourth-order valence-electron chi connectivity index (χ4n) is 1.96. The third-order valence-electron chi connectivity index (χ3n) is 2.82. The number of nitrogens with one attached hydrogen (secondary N) is 1. The molecule has 0 saturated carbocycles. The Labute approximate surface area is 117 Å². The molecule has 0 amide bonds. The van der Waals surface area contributed by atoms with Crippen LogP contribution in [-0.2, 0) is 0 Å². The number of hydrogen-bond acceptors (Lipinski definition) is 3. The molecule has 3 N–H and O–H groups in total. The molecule has 6 heteroatoms. The fourth-order valence-corrected chi connectivity index (χ4v) is 2.87. The van der Waals surface area contributed by atoms with Gasteiger partial charge in [0.05, 0.1) is 16.3 Å². The van der Waals surface area contributed by atoms with E-state index in [9.17, 15) is 4.39 Å². The van der Waals surface area contributed by atoms with Crippen molar-refractivity contribution < 1.29 is 4.39 Å². The second-order valence-electron chi connectivity index (χ2n) is 3.97. The van der Waals surface area contributed by atoms with E-state index in [2.05, 4.69) is 10.2 Å². The number of aromatic nitrogens is 2.